The van der Waals surface area contributed by atoms with Crippen LogP contribution in [0.2, 0.25) is 0 Å². The summed E-state index contributed by atoms with van der Waals surface area (Å²) in [5.74, 6) is 0. The highest BCUT2D eigenvalue weighted by atomic mass is 79.9. The third-order valence-electron chi connectivity index (χ3n) is 3.70. The molecule has 0 radical (unpaired) electrons. The number of H-pyrrole nitrogens is 2. The molecule has 1 aliphatic rings. The Kier molecular flexibility index (Phi) is 8.31. The van der Waals surface area contributed by atoms with Crippen molar-refractivity contribution < 1.29 is 19.3 Å². The third kappa shape index (κ3) is 5.85. The fourth-order valence-electron chi connectivity index (χ4n) is 2.69. The van der Waals surface area contributed by atoms with Gasteiger partial charge in [0, 0.05) is 18.7 Å². The van der Waals surface area contributed by atoms with Gasteiger partial charge in [-0.25, -0.2) is 0 Å². The molecular weight excluding hydrogens is 435 g/mol. The lowest BCUT2D eigenvalue weighted by Gasteiger charge is -2.15. The molecule has 1 aromatic carbocycles. The van der Waals surface area contributed by atoms with Crippen molar-refractivity contribution in [3.63, 3.8) is 0 Å². The SMILES string of the molecule is Br.O=[PH](O)O.O=c1[nH]c2cc([N+](=O)[O-])cc(CN3CCCC3)c2[nH]c1=O. The van der Waals surface area contributed by atoms with Gasteiger partial charge in [0.1, 0.15) is 0 Å². The van der Waals surface area contributed by atoms with E-state index in [1.165, 1.54) is 12.1 Å². The molecule has 13 heteroatoms. The minimum Gasteiger partial charge on any atom is -0.326 e. The first-order chi connectivity index (χ1) is 11.8. The van der Waals surface area contributed by atoms with Crippen molar-refractivity contribution in [1.82, 2.24) is 14.9 Å². The number of benzene rings is 1. The van der Waals surface area contributed by atoms with Crippen molar-refractivity contribution in [3.8, 4) is 0 Å². The zero-order chi connectivity index (χ0) is 18.6. The summed E-state index contributed by atoms with van der Waals surface area (Å²) < 4.78 is 8.74. The predicted molar refractivity (Wildman–Crippen MR) is 100 cm³/mol. The number of aromatic nitrogens is 2. The molecule has 1 fully saturated rings. The van der Waals surface area contributed by atoms with Crippen molar-refractivity contribution in [2.75, 3.05) is 13.1 Å². The average Bonchev–Trinajstić information content (AvgIpc) is 3.01. The number of nitrogens with one attached hydrogen (secondary N) is 2. The van der Waals surface area contributed by atoms with E-state index in [0.29, 0.717) is 17.6 Å². The number of halogens is 1. The van der Waals surface area contributed by atoms with Gasteiger partial charge in [0.25, 0.3) is 5.69 Å². The maximum absolute atomic E-state index is 11.5. The van der Waals surface area contributed by atoms with Crippen LogP contribution in [0.5, 0.6) is 0 Å². The normalized spacial score (nSPS) is 14.0. The number of fused-ring (bicyclic) bond motifs is 1. The summed E-state index contributed by atoms with van der Waals surface area (Å²) in [6.45, 7) is 2.37. The molecule has 26 heavy (non-hydrogen) atoms. The van der Waals surface area contributed by atoms with Gasteiger partial charge in [0.05, 0.1) is 16.0 Å². The highest BCUT2D eigenvalue weighted by Crippen LogP contribution is 2.24. The molecule has 11 nitrogen and oxygen atoms in total. The minimum absolute atomic E-state index is 0. The Morgan fingerprint density at radius 3 is 2.23 bits per heavy atom. The zero-order valence-electron chi connectivity index (χ0n) is 13.4. The lowest BCUT2D eigenvalue weighted by atomic mass is 10.1. The monoisotopic (exact) mass is 452 g/mol. The van der Waals surface area contributed by atoms with Crippen LogP contribution in [0, 0.1) is 10.1 Å². The largest absolute Gasteiger partial charge is 0.326 e. The van der Waals surface area contributed by atoms with Crippen LogP contribution in [0.15, 0.2) is 21.7 Å². The van der Waals surface area contributed by atoms with Crippen molar-refractivity contribution in [3.05, 3.63) is 48.5 Å². The maximum atomic E-state index is 11.5. The topological polar surface area (TPSA) is 170 Å². The standard InChI is InChI=1S/C13H14N4O4.BrH.H3O3P/c18-12-13(19)15-11-8(7-16-3-1-2-4-16)5-9(17(20)21)6-10(11)14-12;;1-4(2)3/h5-6H,1-4,7H2,(H,14,18)(H,15,19);1H;4H,(H2,1,2,3). The van der Waals surface area contributed by atoms with Crippen LogP contribution in [0.1, 0.15) is 18.4 Å². The minimum atomic E-state index is -3.13. The average molecular weight is 453 g/mol. The van der Waals surface area contributed by atoms with E-state index in [0.717, 1.165) is 25.9 Å². The first kappa shape index (κ1) is 22.2. The maximum Gasteiger partial charge on any atom is 0.314 e. The summed E-state index contributed by atoms with van der Waals surface area (Å²) in [4.78, 5) is 54.8. The predicted octanol–water partition coefficient (Wildman–Crippen LogP) is 0.659. The molecule has 1 saturated heterocycles. The highest BCUT2D eigenvalue weighted by molar-refractivity contribution is 8.93. The number of likely N-dealkylation sites (tertiary alicyclic amines) is 1. The number of nitro benzene ring substituents is 1. The van der Waals surface area contributed by atoms with E-state index in [4.69, 9.17) is 14.4 Å². The Hall–Kier alpha value is -1.85. The molecule has 144 valence electrons. The highest BCUT2D eigenvalue weighted by Gasteiger charge is 2.18. The van der Waals surface area contributed by atoms with E-state index < -0.39 is 24.3 Å². The second-order valence-corrected chi connectivity index (χ2v) is 6.02. The van der Waals surface area contributed by atoms with E-state index in [-0.39, 0.29) is 28.2 Å². The molecule has 0 amide bonds. The van der Waals surface area contributed by atoms with Crippen molar-refractivity contribution in [2.24, 2.45) is 0 Å². The number of nitrogens with zero attached hydrogens (tertiary/aromatic N) is 2. The fraction of sp³-hybridized carbons (Fsp3) is 0.385. The number of nitro groups is 1. The number of non-ortho nitro benzene ring substituents is 1. The molecule has 1 aliphatic heterocycles. The lowest BCUT2D eigenvalue weighted by Crippen LogP contribution is -2.29. The van der Waals surface area contributed by atoms with Crippen LogP contribution in [-0.2, 0) is 11.1 Å². The van der Waals surface area contributed by atoms with E-state index >= 15 is 0 Å². The first-order valence-corrected chi connectivity index (χ1v) is 8.66. The van der Waals surface area contributed by atoms with Gasteiger partial charge in [-0.1, -0.05) is 0 Å². The van der Waals surface area contributed by atoms with Gasteiger partial charge in [0.2, 0.25) is 0 Å². The Morgan fingerprint density at radius 2 is 1.69 bits per heavy atom. The molecule has 2 heterocycles. The Balaban J connectivity index is 0.000000616. The van der Waals surface area contributed by atoms with Crippen molar-refractivity contribution >= 4 is 42.0 Å². The summed E-state index contributed by atoms with van der Waals surface area (Å²) in [5.41, 5.74) is -0.275. The van der Waals surface area contributed by atoms with Crippen LogP contribution in [0.25, 0.3) is 11.0 Å². The van der Waals surface area contributed by atoms with Crippen LogP contribution >= 0.6 is 25.2 Å². The van der Waals surface area contributed by atoms with Gasteiger partial charge in [0.15, 0.2) is 0 Å². The summed E-state index contributed by atoms with van der Waals surface area (Å²) >= 11 is 0. The molecule has 2 aromatic rings. The van der Waals surface area contributed by atoms with Crippen molar-refractivity contribution in [2.45, 2.75) is 19.4 Å². The Bertz CT molecular complexity index is 919. The first-order valence-electron chi connectivity index (χ1n) is 7.36. The quantitative estimate of drug-likeness (QED) is 0.227. The van der Waals surface area contributed by atoms with Crippen LogP contribution in [-0.4, -0.2) is 42.7 Å². The van der Waals surface area contributed by atoms with E-state index in [1.54, 1.807) is 0 Å². The molecule has 4 N–H and O–H groups in total. The molecule has 0 spiro atoms. The summed E-state index contributed by atoms with van der Waals surface area (Å²) in [6, 6.07) is 2.72. The van der Waals surface area contributed by atoms with Gasteiger partial charge >= 0.3 is 19.4 Å². The molecule has 1 aromatic heterocycles. The van der Waals surface area contributed by atoms with Crippen LogP contribution < -0.4 is 11.1 Å². The molecule has 3 rings (SSSR count). The molecular formula is C13H18BrN4O7P. The summed E-state index contributed by atoms with van der Waals surface area (Å²) in [6.07, 6.45) is 2.19. The zero-order valence-corrected chi connectivity index (χ0v) is 16.1. The van der Waals surface area contributed by atoms with Crippen molar-refractivity contribution in [1.29, 1.82) is 0 Å². The number of hydrogen-bond acceptors (Lipinski definition) is 6. The third-order valence-corrected chi connectivity index (χ3v) is 3.70. The second-order valence-electron chi connectivity index (χ2n) is 5.46. The van der Waals surface area contributed by atoms with Gasteiger partial charge in [-0.05, 0) is 31.5 Å². The smallest absolute Gasteiger partial charge is 0.314 e. The van der Waals surface area contributed by atoms with Crippen LogP contribution in [0.4, 0.5) is 5.69 Å². The Morgan fingerprint density at radius 1 is 1.15 bits per heavy atom. The van der Waals surface area contributed by atoms with Gasteiger partial charge in [-0.15, -0.1) is 17.0 Å². The number of hydrogen-bond donors (Lipinski definition) is 4. The fourth-order valence-corrected chi connectivity index (χ4v) is 2.69. The second kappa shape index (κ2) is 9.74. The Labute approximate surface area is 157 Å². The molecule has 0 saturated carbocycles. The van der Waals surface area contributed by atoms with E-state index in [9.17, 15) is 19.7 Å². The van der Waals surface area contributed by atoms with E-state index in [2.05, 4.69) is 14.9 Å². The molecule has 0 atom stereocenters. The molecule has 0 bridgehead atoms. The van der Waals surface area contributed by atoms with Gasteiger partial charge in [-0.3, -0.25) is 29.2 Å². The van der Waals surface area contributed by atoms with Gasteiger partial charge in [-0.2, -0.15) is 0 Å². The van der Waals surface area contributed by atoms with Crippen LogP contribution in [0.3, 0.4) is 0 Å². The van der Waals surface area contributed by atoms with Gasteiger partial charge < -0.3 is 19.8 Å². The summed E-state index contributed by atoms with van der Waals surface area (Å²) in [7, 11) is -3.13. The summed E-state index contributed by atoms with van der Waals surface area (Å²) in [5, 5.41) is 11.0. The lowest BCUT2D eigenvalue weighted by molar-refractivity contribution is -0.384. The molecule has 0 unspecified atom stereocenters. The number of rotatable bonds is 3. The number of aromatic amines is 2. The molecule has 0 aliphatic carbocycles. The van der Waals surface area contributed by atoms with E-state index in [1.807, 2.05) is 0 Å².